The number of rotatable bonds is 10. The van der Waals surface area contributed by atoms with Crippen LogP contribution >= 0.6 is 11.8 Å². The quantitative estimate of drug-likeness (QED) is 0.189. The van der Waals surface area contributed by atoms with Crippen molar-refractivity contribution in [2.75, 3.05) is 36.1 Å². The van der Waals surface area contributed by atoms with Gasteiger partial charge in [-0.3, -0.25) is 4.79 Å². The van der Waals surface area contributed by atoms with Crippen LogP contribution in [0.25, 0.3) is 0 Å². The Kier molecular flexibility index (Phi) is 7.71. The number of nitrogen functional groups attached to an aromatic ring is 1. The number of nitrogens with zero attached hydrogens (tertiary/aromatic N) is 4. The Morgan fingerprint density at radius 3 is 2.74 bits per heavy atom. The van der Waals surface area contributed by atoms with E-state index in [1.807, 2.05) is 43.3 Å². The molecule has 4 N–H and O–H groups in total. The van der Waals surface area contributed by atoms with Gasteiger partial charge >= 0.3 is 0 Å². The average Bonchev–Trinajstić information content (AvgIpc) is 3.13. The molecule has 11 heteroatoms. The predicted molar refractivity (Wildman–Crippen MR) is 121 cm³/mol. The monoisotopic (exact) mass is 441 g/mol. The zero-order chi connectivity index (χ0) is 22.1. The largest absolute Gasteiger partial charge is 0.495 e. The highest BCUT2D eigenvalue weighted by molar-refractivity contribution is 7.99. The van der Waals surface area contributed by atoms with E-state index in [4.69, 9.17) is 15.3 Å². The van der Waals surface area contributed by atoms with E-state index in [1.54, 1.807) is 25.5 Å². The highest BCUT2D eigenvalue weighted by Gasteiger charge is 2.13. The first-order valence-electron chi connectivity index (χ1n) is 9.38. The normalized spacial score (nSPS) is 10.8. The summed E-state index contributed by atoms with van der Waals surface area (Å²) in [5.41, 5.74) is 4.21. The third-order valence-corrected chi connectivity index (χ3v) is 4.89. The number of hydrazone groups is 1. The Morgan fingerprint density at radius 1 is 1.23 bits per heavy atom. The molecule has 0 atom stereocenters. The molecule has 0 spiro atoms. The predicted octanol–water partition coefficient (Wildman–Crippen LogP) is 2.58. The van der Waals surface area contributed by atoms with Crippen molar-refractivity contribution in [2.45, 2.75) is 12.1 Å². The molecule has 0 saturated heterocycles. The summed E-state index contributed by atoms with van der Waals surface area (Å²) in [6, 6.07) is 14.7. The number of thioether (sulfide) groups is 1. The highest BCUT2D eigenvalue weighted by atomic mass is 32.2. The highest BCUT2D eigenvalue weighted by Crippen LogP contribution is 2.24. The minimum Gasteiger partial charge on any atom is -0.495 e. The fraction of sp³-hybridized carbons (Fsp3) is 0.200. The van der Waals surface area contributed by atoms with Crippen molar-refractivity contribution in [1.29, 1.82) is 0 Å². The molecule has 0 bridgehead atoms. The number of hydrogen-bond donors (Lipinski definition) is 3. The van der Waals surface area contributed by atoms with Crippen molar-refractivity contribution >= 4 is 35.5 Å². The van der Waals surface area contributed by atoms with Crippen molar-refractivity contribution in [3.8, 4) is 11.5 Å². The lowest BCUT2D eigenvalue weighted by atomic mass is 10.2. The minimum atomic E-state index is -0.222. The van der Waals surface area contributed by atoms with Gasteiger partial charge in [0.05, 0.1) is 31.4 Å². The van der Waals surface area contributed by atoms with E-state index in [2.05, 4.69) is 26.0 Å². The molecule has 1 aromatic heterocycles. The number of carbonyl (C=O) groups is 1. The molecule has 0 aliphatic heterocycles. The van der Waals surface area contributed by atoms with Gasteiger partial charge in [0.1, 0.15) is 11.5 Å². The maximum atomic E-state index is 12.2. The molecule has 2 aromatic carbocycles. The van der Waals surface area contributed by atoms with Gasteiger partial charge in [-0.25, -0.2) is 10.1 Å². The first kappa shape index (κ1) is 22.0. The number of aromatic nitrogens is 3. The minimum absolute atomic E-state index is 0.100. The molecule has 0 unspecified atom stereocenters. The van der Waals surface area contributed by atoms with Crippen LogP contribution in [0, 0.1) is 0 Å². The van der Waals surface area contributed by atoms with Crippen LogP contribution in [0.3, 0.4) is 0 Å². The van der Waals surface area contributed by atoms with E-state index in [-0.39, 0.29) is 17.6 Å². The number of amides is 1. The lowest BCUT2D eigenvalue weighted by Gasteiger charge is -2.09. The molecule has 10 nitrogen and oxygen atoms in total. The number of methoxy groups -OCH3 is 1. The lowest BCUT2D eigenvalue weighted by molar-refractivity contribution is -0.113. The fourth-order valence-corrected chi connectivity index (χ4v) is 3.15. The van der Waals surface area contributed by atoms with Crippen molar-refractivity contribution in [1.82, 2.24) is 14.9 Å². The molecule has 3 aromatic rings. The molecule has 1 heterocycles. The van der Waals surface area contributed by atoms with E-state index in [0.29, 0.717) is 23.2 Å². The summed E-state index contributed by atoms with van der Waals surface area (Å²) < 4.78 is 11.9. The standard InChI is InChI=1S/C20H23N7O3S/c1-3-30-15-10-8-14(9-11-15)12-22-24-19-25-26-20(27(19)21)31-13-18(28)23-16-6-4-5-7-17(16)29-2/h4-12H,3,13,21H2,1-2H3,(H,23,28)(H,24,25)/b22-12+. The number of nitrogens with two attached hydrogens (primary N) is 1. The zero-order valence-electron chi connectivity index (χ0n) is 17.1. The average molecular weight is 442 g/mol. The number of benzene rings is 2. The van der Waals surface area contributed by atoms with Gasteiger partial charge in [0.15, 0.2) is 0 Å². The molecular weight excluding hydrogens is 418 g/mol. The molecule has 0 aliphatic rings. The van der Waals surface area contributed by atoms with Gasteiger partial charge < -0.3 is 20.6 Å². The third-order valence-electron chi connectivity index (χ3n) is 3.95. The Bertz CT molecular complexity index is 1040. The topological polar surface area (TPSA) is 129 Å². The van der Waals surface area contributed by atoms with Crippen LogP contribution in [-0.4, -0.2) is 46.5 Å². The number of anilines is 2. The summed E-state index contributed by atoms with van der Waals surface area (Å²) >= 11 is 1.15. The molecule has 0 aliphatic carbocycles. The van der Waals surface area contributed by atoms with E-state index in [1.165, 1.54) is 4.68 Å². The summed E-state index contributed by atoms with van der Waals surface area (Å²) in [4.78, 5) is 12.2. The van der Waals surface area contributed by atoms with E-state index >= 15 is 0 Å². The van der Waals surface area contributed by atoms with Crippen molar-refractivity contribution < 1.29 is 14.3 Å². The van der Waals surface area contributed by atoms with Crippen molar-refractivity contribution in [3.63, 3.8) is 0 Å². The third kappa shape index (κ3) is 6.12. The van der Waals surface area contributed by atoms with Crippen LogP contribution < -0.4 is 26.1 Å². The van der Waals surface area contributed by atoms with Crippen LogP contribution in [0.4, 0.5) is 11.6 Å². The van der Waals surface area contributed by atoms with E-state index in [9.17, 15) is 4.79 Å². The van der Waals surface area contributed by atoms with Gasteiger partial charge in [0, 0.05) is 0 Å². The summed E-state index contributed by atoms with van der Waals surface area (Å²) in [5.74, 6) is 7.49. The van der Waals surface area contributed by atoms with Gasteiger partial charge in [-0.1, -0.05) is 23.9 Å². The van der Waals surface area contributed by atoms with Crippen LogP contribution in [0.15, 0.2) is 58.8 Å². The SMILES string of the molecule is CCOc1ccc(/C=N/Nc2nnc(SCC(=O)Nc3ccccc3OC)n2N)cc1. The maximum Gasteiger partial charge on any atom is 0.264 e. The molecule has 1 amide bonds. The van der Waals surface area contributed by atoms with E-state index < -0.39 is 0 Å². The summed E-state index contributed by atoms with van der Waals surface area (Å²) in [6.07, 6.45) is 1.62. The molecule has 162 valence electrons. The van der Waals surface area contributed by atoms with Gasteiger partial charge in [0.2, 0.25) is 11.1 Å². The fourth-order valence-electron chi connectivity index (χ4n) is 2.50. The lowest BCUT2D eigenvalue weighted by Crippen LogP contribution is -2.17. The van der Waals surface area contributed by atoms with Crippen molar-refractivity contribution in [2.24, 2.45) is 5.10 Å². The van der Waals surface area contributed by atoms with Gasteiger partial charge in [-0.2, -0.15) is 5.10 Å². The number of nitrogens with one attached hydrogen (secondary N) is 2. The molecule has 0 radical (unpaired) electrons. The Balaban J connectivity index is 1.52. The Morgan fingerprint density at radius 2 is 2.00 bits per heavy atom. The zero-order valence-corrected chi connectivity index (χ0v) is 17.9. The van der Waals surface area contributed by atoms with Crippen LogP contribution in [0.5, 0.6) is 11.5 Å². The van der Waals surface area contributed by atoms with Crippen molar-refractivity contribution in [3.05, 3.63) is 54.1 Å². The summed E-state index contributed by atoms with van der Waals surface area (Å²) in [6.45, 7) is 2.55. The van der Waals surface area contributed by atoms with Gasteiger partial charge in [0.25, 0.3) is 5.95 Å². The number of carbonyl (C=O) groups excluding carboxylic acids is 1. The Hall–Kier alpha value is -3.73. The first-order valence-corrected chi connectivity index (χ1v) is 10.4. The van der Waals surface area contributed by atoms with Crippen LogP contribution in [0.2, 0.25) is 0 Å². The second kappa shape index (κ2) is 10.9. The smallest absolute Gasteiger partial charge is 0.264 e. The molecule has 0 saturated carbocycles. The maximum absolute atomic E-state index is 12.2. The molecular formula is C20H23N7O3S. The molecule has 31 heavy (non-hydrogen) atoms. The van der Waals surface area contributed by atoms with Crippen LogP contribution in [0.1, 0.15) is 12.5 Å². The Labute approximate surface area is 183 Å². The second-order valence-corrected chi connectivity index (χ2v) is 7.03. The first-order chi connectivity index (χ1) is 15.1. The summed E-state index contributed by atoms with van der Waals surface area (Å²) in [7, 11) is 1.55. The van der Waals surface area contributed by atoms with Gasteiger partial charge in [-0.05, 0) is 48.9 Å². The molecule has 3 rings (SSSR count). The van der Waals surface area contributed by atoms with Gasteiger partial charge in [-0.15, -0.1) is 10.2 Å². The van der Waals surface area contributed by atoms with E-state index in [0.717, 1.165) is 23.1 Å². The molecule has 0 fully saturated rings. The number of para-hydroxylation sites is 2. The second-order valence-electron chi connectivity index (χ2n) is 6.09. The number of ether oxygens (including phenoxy) is 2. The summed E-state index contributed by atoms with van der Waals surface area (Å²) in [5, 5.41) is 15.2. The van der Waals surface area contributed by atoms with Crippen LogP contribution in [-0.2, 0) is 4.79 Å². The number of hydrogen-bond acceptors (Lipinski definition) is 9.